The van der Waals surface area contributed by atoms with Crippen molar-refractivity contribution in [1.82, 2.24) is 14.8 Å². The third-order valence-electron chi connectivity index (χ3n) is 2.43. The molecule has 19 heavy (non-hydrogen) atoms. The van der Waals surface area contributed by atoms with Crippen LogP contribution in [0.25, 0.3) is 5.69 Å². The number of ether oxygens (including phenoxy) is 1. The lowest BCUT2D eigenvalue weighted by molar-refractivity contribution is -0.142. The van der Waals surface area contributed by atoms with Crippen molar-refractivity contribution in [2.45, 2.75) is 13.3 Å². The Morgan fingerprint density at radius 3 is 2.74 bits per heavy atom. The van der Waals surface area contributed by atoms with Crippen LogP contribution in [0.2, 0.25) is 0 Å². The minimum atomic E-state index is -0.417. The third kappa shape index (κ3) is 3.11. The van der Waals surface area contributed by atoms with E-state index in [-0.39, 0.29) is 12.1 Å². The Bertz CT molecular complexity index is 630. The molecule has 2 rings (SSSR count). The van der Waals surface area contributed by atoms with Crippen molar-refractivity contribution in [3.05, 3.63) is 45.0 Å². The first kappa shape index (κ1) is 13.5. The fourth-order valence-electron chi connectivity index (χ4n) is 1.65. The summed E-state index contributed by atoms with van der Waals surface area (Å²) in [4.78, 5) is 23.2. The van der Waals surface area contributed by atoms with Gasteiger partial charge in [0.05, 0.1) is 12.3 Å². The lowest BCUT2D eigenvalue weighted by atomic mass is 10.3. The lowest BCUT2D eigenvalue weighted by Crippen LogP contribution is -2.19. The van der Waals surface area contributed by atoms with Gasteiger partial charge in [0.1, 0.15) is 12.2 Å². The van der Waals surface area contributed by atoms with Crippen LogP contribution in [0.1, 0.15) is 12.7 Å². The highest BCUT2D eigenvalue weighted by Gasteiger charge is 2.14. The molecular weight excluding hydrogens is 314 g/mol. The van der Waals surface area contributed by atoms with E-state index in [2.05, 4.69) is 26.1 Å². The molecule has 1 aromatic heterocycles. The number of carbonyl (C=O) groups is 1. The highest BCUT2D eigenvalue weighted by Crippen LogP contribution is 2.13. The molecule has 0 unspecified atom stereocenters. The maximum Gasteiger partial charge on any atom is 0.347 e. The molecule has 0 saturated heterocycles. The number of halogens is 1. The summed E-state index contributed by atoms with van der Waals surface area (Å²) in [5.41, 5.74) is 0.253. The van der Waals surface area contributed by atoms with Crippen molar-refractivity contribution in [2.75, 3.05) is 6.61 Å². The zero-order valence-electron chi connectivity index (χ0n) is 10.2. The van der Waals surface area contributed by atoms with Crippen molar-refractivity contribution in [3.63, 3.8) is 0 Å². The Labute approximate surface area is 117 Å². The molecule has 0 bridgehead atoms. The molecule has 0 aliphatic heterocycles. The summed E-state index contributed by atoms with van der Waals surface area (Å²) in [5, 5.41) is 6.19. The lowest BCUT2D eigenvalue weighted by Gasteiger charge is -2.05. The van der Waals surface area contributed by atoms with Crippen molar-refractivity contribution in [1.29, 1.82) is 0 Å². The van der Waals surface area contributed by atoms with Gasteiger partial charge in [-0.1, -0.05) is 15.9 Å². The van der Waals surface area contributed by atoms with Crippen molar-refractivity contribution >= 4 is 21.9 Å². The van der Waals surface area contributed by atoms with E-state index < -0.39 is 5.97 Å². The first-order chi connectivity index (χ1) is 9.11. The van der Waals surface area contributed by atoms with Gasteiger partial charge in [0.15, 0.2) is 0 Å². The van der Waals surface area contributed by atoms with Crippen LogP contribution in [0, 0.1) is 0 Å². The molecule has 0 radical (unpaired) electrons. The second kappa shape index (κ2) is 5.83. The average Bonchev–Trinajstić information content (AvgIpc) is 2.72. The van der Waals surface area contributed by atoms with Gasteiger partial charge in [-0.05, 0) is 31.2 Å². The largest absolute Gasteiger partial charge is 0.466 e. The number of aromatic amines is 1. The number of carbonyl (C=O) groups excluding carboxylic acids is 1. The zero-order valence-corrected chi connectivity index (χ0v) is 11.8. The van der Waals surface area contributed by atoms with Gasteiger partial charge >= 0.3 is 11.7 Å². The molecule has 0 atom stereocenters. The molecule has 7 heteroatoms. The summed E-state index contributed by atoms with van der Waals surface area (Å²) >= 11 is 3.32. The van der Waals surface area contributed by atoms with Gasteiger partial charge in [-0.2, -0.15) is 5.10 Å². The first-order valence-corrected chi connectivity index (χ1v) is 6.49. The van der Waals surface area contributed by atoms with E-state index in [0.717, 1.165) is 4.47 Å². The van der Waals surface area contributed by atoms with Crippen molar-refractivity contribution in [3.8, 4) is 5.69 Å². The Hall–Kier alpha value is -1.89. The van der Waals surface area contributed by atoms with Crippen LogP contribution in [0.4, 0.5) is 0 Å². The minimum absolute atomic E-state index is 0.0529. The third-order valence-corrected chi connectivity index (χ3v) is 2.96. The van der Waals surface area contributed by atoms with Crippen LogP contribution < -0.4 is 5.69 Å². The number of benzene rings is 1. The van der Waals surface area contributed by atoms with Gasteiger partial charge in [0.2, 0.25) is 0 Å². The molecule has 100 valence electrons. The monoisotopic (exact) mass is 325 g/mol. The molecule has 0 aliphatic rings. The molecule has 0 aliphatic carbocycles. The Balaban J connectivity index is 2.35. The van der Waals surface area contributed by atoms with Gasteiger partial charge in [-0.3, -0.25) is 4.79 Å². The average molecular weight is 326 g/mol. The van der Waals surface area contributed by atoms with Gasteiger partial charge in [0.25, 0.3) is 0 Å². The quantitative estimate of drug-likeness (QED) is 0.863. The highest BCUT2D eigenvalue weighted by molar-refractivity contribution is 9.10. The number of esters is 1. The number of nitrogens with one attached hydrogen (secondary N) is 1. The van der Waals surface area contributed by atoms with Crippen LogP contribution in [-0.4, -0.2) is 27.3 Å². The molecule has 0 saturated carbocycles. The van der Waals surface area contributed by atoms with E-state index in [0.29, 0.717) is 18.1 Å². The SMILES string of the molecule is CCOC(=O)Cc1n[nH]c(=O)n1-c1ccc(Br)cc1. The summed E-state index contributed by atoms with van der Waals surface area (Å²) in [5.74, 6) is -0.0920. The van der Waals surface area contributed by atoms with E-state index in [1.54, 1.807) is 19.1 Å². The summed E-state index contributed by atoms with van der Waals surface area (Å²) in [6.45, 7) is 2.02. The number of hydrogen-bond acceptors (Lipinski definition) is 4. The molecule has 1 aromatic carbocycles. The molecule has 0 spiro atoms. The Morgan fingerprint density at radius 2 is 2.11 bits per heavy atom. The van der Waals surface area contributed by atoms with Crippen molar-refractivity contribution in [2.24, 2.45) is 0 Å². The molecule has 0 fully saturated rings. The minimum Gasteiger partial charge on any atom is -0.466 e. The first-order valence-electron chi connectivity index (χ1n) is 5.69. The van der Waals surface area contributed by atoms with E-state index in [1.165, 1.54) is 4.57 Å². The van der Waals surface area contributed by atoms with Gasteiger partial charge in [-0.25, -0.2) is 14.5 Å². The molecule has 6 nitrogen and oxygen atoms in total. The van der Waals surface area contributed by atoms with Crippen molar-refractivity contribution < 1.29 is 9.53 Å². The Morgan fingerprint density at radius 1 is 1.42 bits per heavy atom. The number of nitrogens with zero attached hydrogens (tertiary/aromatic N) is 2. The second-order valence-corrected chi connectivity index (χ2v) is 4.65. The summed E-state index contributed by atoms with van der Waals surface area (Å²) in [6.07, 6.45) is -0.0529. The van der Waals surface area contributed by atoms with Crippen LogP contribution >= 0.6 is 15.9 Å². The summed E-state index contributed by atoms with van der Waals surface area (Å²) in [6, 6.07) is 7.14. The molecule has 1 N–H and O–H groups in total. The standard InChI is InChI=1S/C12H12BrN3O3/c1-2-19-11(17)7-10-14-15-12(18)16(10)9-5-3-8(13)4-6-9/h3-6H,2,7H2,1H3,(H,15,18). The van der Waals surface area contributed by atoms with Gasteiger partial charge in [-0.15, -0.1) is 0 Å². The number of rotatable bonds is 4. The van der Waals surface area contributed by atoms with Gasteiger partial charge < -0.3 is 4.74 Å². The van der Waals surface area contributed by atoms with Crippen LogP contribution in [-0.2, 0) is 16.0 Å². The van der Waals surface area contributed by atoms with Crippen LogP contribution in [0.15, 0.2) is 33.5 Å². The topological polar surface area (TPSA) is 77.0 Å². The fraction of sp³-hybridized carbons (Fsp3) is 0.250. The number of hydrogen-bond donors (Lipinski definition) is 1. The molecule has 1 heterocycles. The molecule has 0 amide bonds. The fourth-order valence-corrected chi connectivity index (χ4v) is 1.91. The zero-order chi connectivity index (χ0) is 13.8. The number of H-pyrrole nitrogens is 1. The van der Waals surface area contributed by atoms with Crippen LogP contribution in [0.5, 0.6) is 0 Å². The smallest absolute Gasteiger partial charge is 0.347 e. The predicted molar refractivity (Wildman–Crippen MR) is 72.2 cm³/mol. The van der Waals surface area contributed by atoms with E-state index in [9.17, 15) is 9.59 Å². The number of aromatic nitrogens is 3. The van der Waals surface area contributed by atoms with Crippen LogP contribution in [0.3, 0.4) is 0 Å². The van der Waals surface area contributed by atoms with Gasteiger partial charge in [0, 0.05) is 4.47 Å². The maximum atomic E-state index is 11.7. The molecule has 2 aromatic rings. The predicted octanol–water partition coefficient (Wildman–Crippen LogP) is 1.43. The summed E-state index contributed by atoms with van der Waals surface area (Å²) in [7, 11) is 0. The van der Waals surface area contributed by atoms with E-state index >= 15 is 0 Å². The normalized spacial score (nSPS) is 10.4. The summed E-state index contributed by atoms with van der Waals surface area (Å²) < 4.78 is 7.10. The van der Waals surface area contributed by atoms with E-state index in [1.807, 2.05) is 12.1 Å². The second-order valence-electron chi connectivity index (χ2n) is 3.74. The maximum absolute atomic E-state index is 11.7. The van der Waals surface area contributed by atoms with E-state index in [4.69, 9.17) is 4.74 Å². The molecular formula is C12H12BrN3O3. The highest BCUT2D eigenvalue weighted by atomic mass is 79.9. The Kier molecular flexibility index (Phi) is 4.16.